The summed E-state index contributed by atoms with van der Waals surface area (Å²) in [6.45, 7) is 2.80. The molecule has 0 fully saturated rings. The molecule has 0 aliphatic rings. The molecule has 0 heterocycles. The molecule has 13 heavy (non-hydrogen) atoms. The van der Waals surface area contributed by atoms with Gasteiger partial charge in [-0.3, -0.25) is 0 Å². The maximum atomic E-state index is 10.5. The molecule has 0 unspecified atom stereocenters. The summed E-state index contributed by atoms with van der Waals surface area (Å²) in [7, 11) is 1.29. The van der Waals surface area contributed by atoms with Gasteiger partial charge in [-0.2, -0.15) is 0 Å². The van der Waals surface area contributed by atoms with Gasteiger partial charge in [-0.1, -0.05) is 0 Å². The Morgan fingerprint density at radius 2 is 2.08 bits per heavy atom. The molecule has 78 valence electrons. The molecule has 0 aromatic heterocycles. The summed E-state index contributed by atoms with van der Waals surface area (Å²) in [4.78, 5) is 10.5. The Morgan fingerprint density at radius 3 is 2.31 bits per heavy atom. The lowest BCUT2D eigenvalue weighted by Gasteiger charge is -2.35. The van der Waals surface area contributed by atoms with Gasteiger partial charge in [0.1, 0.15) is 11.7 Å². The van der Waals surface area contributed by atoms with Crippen molar-refractivity contribution in [2.45, 2.75) is 37.7 Å². The molecule has 5 nitrogen and oxygen atoms in total. The number of rotatable bonds is 5. The zero-order valence-corrected chi connectivity index (χ0v) is 8.10. The van der Waals surface area contributed by atoms with Gasteiger partial charge < -0.3 is 25.5 Å². The molecule has 0 aliphatic carbocycles. The minimum absolute atomic E-state index is 0.461. The van der Waals surface area contributed by atoms with Crippen LogP contribution in [0.15, 0.2) is 0 Å². The first kappa shape index (κ1) is 12.5. The lowest BCUT2D eigenvalue weighted by atomic mass is 9.88. The average molecular weight is 191 g/mol. The van der Waals surface area contributed by atoms with E-state index in [1.54, 1.807) is 0 Å². The topological polar surface area (TPSA) is 92.8 Å². The summed E-state index contributed by atoms with van der Waals surface area (Å²) in [5.74, 6) is 0. The zero-order valence-electron chi connectivity index (χ0n) is 8.10. The van der Waals surface area contributed by atoms with E-state index in [9.17, 15) is 9.90 Å². The molecule has 0 saturated carbocycles. The summed E-state index contributed by atoms with van der Waals surface area (Å²) >= 11 is 0. The average Bonchev–Trinajstić information content (AvgIpc) is 2.04. The van der Waals surface area contributed by atoms with E-state index in [0.29, 0.717) is 6.29 Å². The summed E-state index contributed by atoms with van der Waals surface area (Å²) in [5.41, 5.74) is 3.94. The van der Waals surface area contributed by atoms with Crippen LogP contribution in [-0.4, -0.2) is 47.5 Å². The van der Waals surface area contributed by atoms with Crippen LogP contribution in [0.5, 0.6) is 0 Å². The van der Waals surface area contributed by atoms with Crippen molar-refractivity contribution in [2.75, 3.05) is 7.11 Å². The predicted octanol–water partition coefficient (Wildman–Crippen LogP) is -1.34. The number of methoxy groups -OCH3 is 1. The predicted molar refractivity (Wildman–Crippen MR) is 47.1 cm³/mol. The van der Waals surface area contributed by atoms with Gasteiger partial charge in [0.05, 0.1) is 12.1 Å². The third kappa shape index (κ3) is 2.73. The molecule has 0 aromatic rings. The van der Waals surface area contributed by atoms with Gasteiger partial charge in [-0.05, 0) is 13.8 Å². The normalized spacial score (nSPS) is 22.9. The molecule has 0 bridgehead atoms. The SMILES string of the molecule is CO[C@@H](C=O)[C@](C)(O)[C@@H](N)[C@H](C)O. The van der Waals surface area contributed by atoms with Crippen LogP contribution in [-0.2, 0) is 9.53 Å². The Bertz CT molecular complexity index is 170. The van der Waals surface area contributed by atoms with Gasteiger partial charge in [0.15, 0.2) is 6.29 Å². The smallest absolute Gasteiger partial charge is 0.151 e. The second-order valence-corrected chi connectivity index (χ2v) is 3.28. The fourth-order valence-corrected chi connectivity index (χ4v) is 1.11. The second-order valence-electron chi connectivity index (χ2n) is 3.28. The van der Waals surface area contributed by atoms with E-state index in [1.165, 1.54) is 21.0 Å². The molecule has 0 radical (unpaired) electrons. The van der Waals surface area contributed by atoms with Crippen LogP contribution in [0.1, 0.15) is 13.8 Å². The summed E-state index contributed by atoms with van der Waals surface area (Å²) < 4.78 is 4.73. The van der Waals surface area contributed by atoms with Crippen molar-refractivity contribution in [3.05, 3.63) is 0 Å². The van der Waals surface area contributed by atoms with Crippen LogP contribution in [0.25, 0.3) is 0 Å². The van der Waals surface area contributed by atoms with Gasteiger partial charge in [0.25, 0.3) is 0 Å². The molecular formula is C8H17NO4. The van der Waals surface area contributed by atoms with Gasteiger partial charge in [-0.25, -0.2) is 0 Å². The van der Waals surface area contributed by atoms with Gasteiger partial charge >= 0.3 is 0 Å². The van der Waals surface area contributed by atoms with E-state index < -0.39 is 23.9 Å². The molecule has 0 aliphatic heterocycles. The maximum Gasteiger partial charge on any atom is 0.151 e. The highest BCUT2D eigenvalue weighted by atomic mass is 16.5. The maximum absolute atomic E-state index is 10.5. The highest BCUT2D eigenvalue weighted by Crippen LogP contribution is 2.17. The summed E-state index contributed by atoms with van der Waals surface area (Å²) in [6, 6.07) is -0.928. The highest BCUT2D eigenvalue weighted by Gasteiger charge is 2.40. The van der Waals surface area contributed by atoms with Crippen molar-refractivity contribution in [2.24, 2.45) is 5.73 Å². The number of hydrogen-bond acceptors (Lipinski definition) is 5. The third-order valence-electron chi connectivity index (χ3n) is 2.15. The Balaban J connectivity index is 4.60. The van der Waals surface area contributed by atoms with E-state index in [-0.39, 0.29) is 0 Å². The van der Waals surface area contributed by atoms with Gasteiger partial charge in [-0.15, -0.1) is 0 Å². The first-order valence-electron chi connectivity index (χ1n) is 4.02. The van der Waals surface area contributed by atoms with Crippen molar-refractivity contribution in [3.63, 3.8) is 0 Å². The number of hydrogen-bond donors (Lipinski definition) is 3. The Labute approximate surface area is 77.5 Å². The Hall–Kier alpha value is -0.490. The molecule has 0 rings (SSSR count). The van der Waals surface area contributed by atoms with E-state index in [1.807, 2.05) is 0 Å². The van der Waals surface area contributed by atoms with Crippen LogP contribution >= 0.6 is 0 Å². The van der Waals surface area contributed by atoms with Crippen molar-refractivity contribution in [1.29, 1.82) is 0 Å². The molecule has 4 atom stereocenters. The fourth-order valence-electron chi connectivity index (χ4n) is 1.11. The van der Waals surface area contributed by atoms with E-state index in [4.69, 9.17) is 15.6 Å². The number of aldehydes is 1. The number of carbonyl (C=O) groups excluding carboxylic acids is 1. The number of ether oxygens (including phenoxy) is 1. The molecule has 0 saturated heterocycles. The van der Waals surface area contributed by atoms with Gasteiger partial charge in [0.2, 0.25) is 0 Å². The molecule has 0 spiro atoms. The molecule has 5 heteroatoms. The van der Waals surface area contributed by atoms with Gasteiger partial charge in [0, 0.05) is 7.11 Å². The van der Waals surface area contributed by atoms with Crippen LogP contribution in [0.3, 0.4) is 0 Å². The van der Waals surface area contributed by atoms with Crippen LogP contribution in [0.4, 0.5) is 0 Å². The molecular weight excluding hydrogens is 174 g/mol. The lowest BCUT2D eigenvalue weighted by Crippen LogP contribution is -2.59. The number of nitrogens with two attached hydrogens (primary N) is 1. The molecule has 4 N–H and O–H groups in total. The van der Waals surface area contributed by atoms with E-state index >= 15 is 0 Å². The molecule has 0 aromatic carbocycles. The first-order chi connectivity index (χ1) is 5.87. The zero-order chi connectivity index (χ0) is 10.6. The van der Waals surface area contributed by atoms with Crippen molar-refractivity contribution >= 4 is 6.29 Å². The van der Waals surface area contributed by atoms with Crippen molar-refractivity contribution < 1.29 is 19.7 Å². The van der Waals surface area contributed by atoms with Crippen LogP contribution in [0, 0.1) is 0 Å². The quantitative estimate of drug-likeness (QED) is 0.468. The number of carbonyl (C=O) groups is 1. The standard InChI is InChI=1S/C8H17NO4/c1-5(11)7(9)8(2,12)6(4-10)13-3/h4-7,11-12H,9H2,1-3H3/t5-,6-,7-,8-/m0/s1. The summed E-state index contributed by atoms with van der Waals surface area (Å²) in [5, 5.41) is 18.9. The van der Waals surface area contributed by atoms with Crippen molar-refractivity contribution in [1.82, 2.24) is 0 Å². The van der Waals surface area contributed by atoms with E-state index in [2.05, 4.69) is 0 Å². The lowest BCUT2D eigenvalue weighted by molar-refractivity contribution is -0.141. The Kier molecular flexibility index (Phi) is 4.49. The minimum Gasteiger partial charge on any atom is -0.392 e. The summed E-state index contributed by atoms with van der Waals surface area (Å²) in [6.07, 6.45) is -1.48. The first-order valence-corrected chi connectivity index (χ1v) is 4.02. The number of aliphatic hydroxyl groups is 2. The minimum atomic E-state index is -1.56. The van der Waals surface area contributed by atoms with E-state index in [0.717, 1.165) is 0 Å². The largest absolute Gasteiger partial charge is 0.392 e. The van der Waals surface area contributed by atoms with Crippen LogP contribution < -0.4 is 5.73 Å². The monoisotopic (exact) mass is 191 g/mol. The van der Waals surface area contributed by atoms with Crippen molar-refractivity contribution in [3.8, 4) is 0 Å². The molecule has 0 amide bonds. The highest BCUT2D eigenvalue weighted by molar-refractivity contribution is 5.58. The second kappa shape index (κ2) is 4.66. The third-order valence-corrected chi connectivity index (χ3v) is 2.15. The van der Waals surface area contributed by atoms with Crippen LogP contribution in [0.2, 0.25) is 0 Å². The Morgan fingerprint density at radius 1 is 1.62 bits per heavy atom. The number of aliphatic hydroxyl groups excluding tert-OH is 1. The fraction of sp³-hybridized carbons (Fsp3) is 0.875.